The van der Waals surface area contributed by atoms with E-state index in [2.05, 4.69) is 9.62 Å². The van der Waals surface area contributed by atoms with Crippen LogP contribution in [0.5, 0.6) is 5.75 Å². The molecule has 0 aromatic heterocycles. The number of para-hydroxylation sites is 3. The monoisotopic (exact) mass is 485 g/mol. The van der Waals surface area contributed by atoms with Gasteiger partial charge >= 0.3 is 0 Å². The van der Waals surface area contributed by atoms with Gasteiger partial charge < -0.3 is 14.5 Å². The summed E-state index contributed by atoms with van der Waals surface area (Å²) >= 11 is 6.29. The molecule has 0 spiro atoms. The number of nitrogens with one attached hydrogen (secondary N) is 1. The van der Waals surface area contributed by atoms with E-state index in [4.69, 9.17) is 16.3 Å². The van der Waals surface area contributed by atoms with Crippen molar-refractivity contribution < 1.29 is 17.9 Å². The third-order valence-corrected chi connectivity index (χ3v) is 7.22. The fraction of sp³-hybridized carbons (Fsp3) is 0.208. The Balaban J connectivity index is 1.42. The Kier molecular flexibility index (Phi) is 6.76. The summed E-state index contributed by atoms with van der Waals surface area (Å²) in [5.41, 5.74) is 1.75. The van der Waals surface area contributed by atoms with Crippen LogP contribution in [0.3, 0.4) is 0 Å². The Hall–Kier alpha value is -3.23. The second-order valence-corrected chi connectivity index (χ2v) is 9.65. The van der Waals surface area contributed by atoms with Gasteiger partial charge in [0.25, 0.3) is 15.9 Å². The molecule has 4 rings (SSSR count). The molecule has 0 unspecified atom stereocenters. The number of hydrogen-bond donors (Lipinski definition) is 1. The zero-order chi connectivity index (χ0) is 23.4. The molecule has 172 valence electrons. The van der Waals surface area contributed by atoms with Crippen LogP contribution < -0.4 is 14.4 Å². The molecule has 3 aromatic rings. The molecule has 0 aliphatic carbocycles. The van der Waals surface area contributed by atoms with E-state index in [0.717, 1.165) is 5.69 Å². The van der Waals surface area contributed by atoms with Gasteiger partial charge in [-0.15, -0.1) is 0 Å². The highest BCUT2D eigenvalue weighted by Gasteiger charge is 2.24. The number of sulfonamides is 1. The Labute approximate surface area is 198 Å². The predicted molar refractivity (Wildman–Crippen MR) is 130 cm³/mol. The first-order valence-corrected chi connectivity index (χ1v) is 12.3. The average molecular weight is 486 g/mol. The maximum absolute atomic E-state index is 12.9. The Bertz CT molecular complexity index is 1240. The third kappa shape index (κ3) is 5.07. The molecule has 0 bridgehead atoms. The molecule has 3 aromatic carbocycles. The first kappa shape index (κ1) is 22.9. The van der Waals surface area contributed by atoms with E-state index in [1.165, 1.54) is 19.2 Å². The van der Waals surface area contributed by atoms with Crippen molar-refractivity contribution in [1.82, 2.24) is 4.90 Å². The lowest BCUT2D eigenvalue weighted by Crippen LogP contribution is -2.48. The lowest BCUT2D eigenvalue weighted by Gasteiger charge is -2.36. The SMILES string of the molecule is COc1ccccc1NS(=O)(=O)c1ccc(C(=O)N2CCN(c3ccccc3Cl)CC2)cc1. The number of carbonyl (C=O) groups excluding carboxylic acids is 1. The van der Waals surface area contributed by atoms with Gasteiger partial charge in [-0.1, -0.05) is 35.9 Å². The van der Waals surface area contributed by atoms with Gasteiger partial charge in [0, 0.05) is 31.7 Å². The summed E-state index contributed by atoms with van der Waals surface area (Å²) in [6, 6.07) is 20.4. The molecule has 1 saturated heterocycles. The zero-order valence-corrected chi connectivity index (χ0v) is 19.6. The van der Waals surface area contributed by atoms with Gasteiger partial charge in [0.2, 0.25) is 0 Å². The molecular weight excluding hydrogens is 462 g/mol. The number of carbonyl (C=O) groups is 1. The zero-order valence-electron chi connectivity index (χ0n) is 18.1. The van der Waals surface area contributed by atoms with Gasteiger partial charge in [0.15, 0.2) is 0 Å². The van der Waals surface area contributed by atoms with E-state index < -0.39 is 10.0 Å². The minimum absolute atomic E-state index is 0.0634. The number of halogens is 1. The average Bonchev–Trinajstić information content (AvgIpc) is 2.84. The summed E-state index contributed by atoms with van der Waals surface area (Å²) in [6.07, 6.45) is 0. The van der Waals surface area contributed by atoms with E-state index in [9.17, 15) is 13.2 Å². The van der Waals surface area contributed by atoms with Crippen molar-refractivity contribution in [3.05, 3.63) is 83.4 Å². The topological polar surface area (TPSA) is 78.9 Å². The van der Waals surface area contributed by atoms with Crippen molar-refractivity contribution in [3.8, 4) is 5.75 Å². The van der Waals surface area contributed by atoms with E-state index in [-0.39, 0.29) is 10.8 Å². The fourth-order valence-corrected chi connectivity index (χ4v) is 5.08. The van der Waals surface area contributed by atoms with E-state index in [1.54, 1.807) is 41.3 Å². The lowest BCUT2D eigenvalue weighted by atomic mass is 10.1. The maximum atomic E-state index is 12.9. The number of methoxy groups -OCH3 is 1. The first-order chi connectivity index (χ1) is 15.9. The Morgan fingerprint density at radius 3 is 2.21 bits per heavy atom. The second-order valence-electron chi connectivity index (χ2n) is 7.56. The molecule has 0 atom stereocenters. The van der Waals surface area contributed by atoms with Crippen LogP contribution in [-0.4, -0.2) is 52.5 Å². The number of ether oxygens (including phenoxy) is 1. The number of amides is 1. The molecule has 0 radical (unpaired) electrons. The van der Waals surface area contributed by atoms with Crippen LogP contribution in [0.4, 0.5) is 11.4 Å². The van der Waals surface area contributed by atoms with Crippen LogP contribution in [0.2, 0.25) is 5.02 Å². The van der Waals surface area contributed by atoms with Crippen LogP contribution in [0.15, 0.2) is 77.7 Å². The summed E-state index contributed by atoms with van der Waals surface area (Å²) < 4.78 is 33.3. The largest absolute Gasteiger partial charge is 0.495 e. The summed E-state index contributed by atoms with van der Waals surface area (Å²) in [5, 5.41) is 0.691. The normalized spacial score (nSPS) is 14.1. The van der Waals surface area contributed by atoms with Crippen LogP contribution in [0.25, 0.3) is 0 Å². The summed E-state index contributed by atoms with van der Waals surface area (Å²) in [7, 11) is -2.36. The molecule has 7 nitrogen and oxygen atoms in total. The molecule has 1 amide bonds. The van der Waals surface area contributed by atoms with Gasteiger partial charge in [-0.05, 0) is 48.5 Å². The number of piperazine rings is 1. The highest BCUT2D eigenvalue weighted by atomic mass is 35.5. The molecule has 33 heavy (non-hydrogen) atoms. The van der Waals surface area contributed by atoms with Crippen LogP contribution in [-0.2, 0) is 10.0 Å². The molecule has 1 fully saturated rings. The van der Waals surface area contributed by atoms with Gasteiger partial charge in [-0.3, -0.25) is 9.52 Å². The van der Waals surface area contributed by atoms with Crippen molar-refractivity contribution in [3.63, 3.8) is 0 Å². The summed E-state index contributed by atoms with van der Waals surface area (Å²) in [5.74, 6) is 0.291. The fourth-order valence-electron chi connectivity index (χ4n) is 3.75. The molecule has 1 heterocycles. The van der Waals surface area contributed by atoms with Crippen molar-refractivity contribution in [1.29, 1.82) is 0 Å². The molecule has 0 saturated carbocycles. The smallest absolute Gasteiger partial charge is 0.262 e. The molecule has 1 aliphatic heterocycles. The molecule has 9 heteroatoms. The van der Waals surface area contributed by atoms with Crippen molar-refractivity contribution >= 4 is 38.9 Å². The number of benzene rings is 3. The molecule has 1 N–H and O–H groups in total. The summed E-state index contributed by atoms with van der Waals surface area (Å²) in [6.45, 7) is 2.45. The molecule has 1 aliphatic rings. The first-order valence-electron chi connectivity index (χ1n) is 10.4. The van der Waals surface area contributed by atoms with E-state index in [1.807, 2.05) is 24.3 Å². The van der Waals surface area contributed by atoms with Gasteiger partial charge in [0.05, 0.1) is 28.4 Å². The van der Waals surface area contributed by atoms with Gasteiger partial charge in [0.1, 0.15) is 5.75 Å². The van der Waals surface area contributed by atoms with Gasteiger partial charge in [-0.25, -0.2) is 8.42 Å². The Morgan fingerprint density at radius 1 is 0.909 bits per heavy atom. The predicted octanol–water partition coefficient (Wildman–Crippen LogP) is 4.11. The minimum Gasteiger partial charge on any atom is -0.495 e. The number of rotatable bonds is 6. The third-order valence-electron chi connectivity index (χ3n) is 5.52. The van der Waals surface area contributed by atoms with Gasteiger partial charge in [-0.2, -0.15) is 0 Å². The number of hydrogen-bond acceptors (Lipinski definition) is 5. The highest BCUT2D eigenvalue weighted by Crippen LogP contribution is 2.27. The second kappa shape index (κ2) is 9.72. The molecular formula is C24H24ClN3O4S. The van der Waals surface area contributed by atoms with E-state index >= 15 is 0 Å². The highest BCUT2D eigenvalue weighted by molar-refractivity contribution is 7.92. The maximum Gasteiger partial charge on any atom is 0.262 e. The standard InChI is InChI=1S/C24H24ClN3O4S/c1-32-23-9-5-3-7-21(23)26-33(30,31)19-12-10-18(11-13-19)24(29)28-16-14-27(15-17-28)22-8-4-2-6-20(22)25/h2-13,26H,14-17H2,1H3. The van der Waals surface area contributed by atoms with Crippen LogP contribution in [0, 0.1) is 0 Å². The lowest BCUT2D eigenvalue weighted by molar-refractivity contribution is 0.0746. The van der Waals surface area contributed by atoms with Crippen LogP contribution in [0.1, 0.15) is 10.4 Å². The van der Waals surface area contributed by atoms with E-state index in [0.29, 0.717) is 48.2 Å². The Morgan fingerprint density at radius 2 is 1.55 bits per heavy atom. The number of nitrogens with zero attached hydrogens (tertiary/aromatic N) is 2. The van der Waals surface area contributed by atoms with Crippen molar-refractivity contribution in [2.45, 2.75) is 4.90 Å². The summed E-state index contributed by atoms with van der Waals surface area (Å²) in [4.78, 5) is 16.9. The quantitative estimate of drug-likeness (QED) is 0.568. The number of anilines is 2. The van der Waals surface area contributed by atoms with Crippen LogP contribution >= 0.6 is 11.6 Å². The minimum atomic E-state index is -3.83. The van der Waals surface area contributed by atoms with Crippen molar-refractivity contribution in [2.75, 3.05) is 42.9 Å². The van der Waals surface area contributed by atoms with Crippen molar-refractivity contribution in [2.24, 2.45) is 0 Å².